The Bertz CT molecular complexity index is 1070. The lowest BCUT2D eigenvalue weighted by Crippen LogP contribution is -2.09. The van der Waals surface area contributed by atoms with Crippen molar-refractivity contribution in [1.82, 2.24) is 0 Å². The molecule has 0 spiro atoms. The number of rotatable bonds is 6. The summed E-state index contributed by atoms with van der Waals surface area (Å²) in [5.74, 6) is -1.31. The largest absolute Gasteiger partial charge is 0.478 e. The maximum atomic E-state index is 12.2. The average molecular weight is 383 g/mol. The van der Waals surface area contributed by atoms with E-state index in [1.54, 1.807) is 30.4 Å². The number of carbonyl (C=O) groups is 2. The van der Waals surface area contributed by atoms with Crippen molar-refractivity contribution >= 4 is 35.3 Å². The van der Waals surface area contributed by atoms with E-state index in [-0.39, 0.29) is 11.5 Å². The minimum atomic E-state index is -1.02. The van der Waals surface area contributed by atoms with Crippen LogP contribution in [-0.4, -0.2) is 17.0 Å². The van der Waals surface area contributed by atoms with Gasteiger partial charge in [-0.05, 0) is 53.5 Å². The monoisotopic (exact) mass is 383 g/mol. The summed E-state index contributed by atoms with van der Waals surface area (Å²) in [5, 5.41) is 12.5. The summed E-state index contributed by atoms with van der Waals surface area (Å²) >= 11 is 0. The molecule has 0 aliphatic heterocycles. The van der Waals surface area contributed by atoms with Crippen LogP contribution in [0, 0.1) is 6.92 Å². The van der Waals surface area contributed by atoms with Crippen LogP contribution in [0.15, 0.2) is 84.9 Å². The molecule has 0 radical (unpaired) electrons. The van der Waals surface area contributed by atoms with Crippen LogP contribution in [0.2, 0.25) is 0 Å². The van der Waals surface area contributed by atoms with Gasteiger partial charge >= 0.3 is 5.97 Å². The molecule has 3 aromatic carbocycles. The fourth-order valence-electron chi connectivity index (χ4n) is 2.88. The van der Waals surface area contributed by atoms with Crippen LogP contribution in [0.4, 0.5) is 5.69 Å². The van der Waals surface area contributed by atoms with Crippen LogP contribution in [0.3, 0.4) is 0 Å². The van der Waals surface area contributed by atoms with Crippen molar-refractivity contribution in [3.63, 3.8) is 0 Å². The number of carboxylic acids is 1. The van der Waals surface area contributed by atoms with Crippen LogP contribution < -0.4 is 5.32 Å². The van der Waals surface area contributed by atoms with E-state index in [1.807, 2.05) is 67.6 Å². The predicted octanol–water partition coefficient (Wildman–Crippen LogP) is 5.27. The molecular weight excluding hydrogens is 362 g/mol. The van der Waals surface area contributed by atoms with E-state index in [9.17, 15) is 14.7 Å². The number of hydrogen-bond acceptors (Lipinski definition) is 2. The number of anilines is 1. The molecule has 2 N–H and O–H groups in total. The molecule has 0 bridgehead atoms. The first kappa shape index (κ1) is 19.8. The van der Waals surface area contributed by atoms with Crippen LogP contribution in [-0.2, 0) is 9.59 Å². The standard InChI is InChI=1S/C25H21NO3/c1-18-12-14-21(26-24(27)15-13-19-8-4-2-5-9-19)17-22(18)23(25(28)29)16-20-10-6-3-7-11-20/h2-17H,1H3,(H,26,27)(H,28,29)/b15-13+,23-16-. The molecular formula is C25H21NO3. The van der Waals surface area contributed by atoms with Gasteiger partial charge in [0.2, 0.25) is 5.91 Å². The fourth-order valence-corrected chi connectivity index (χ4v) is 2.88. The van der Waals surface area contributed by atoms with Crippen molar-refractivity contribution in [1.29, 1.82) is 0 Å². The summed E-state index contributed by atoms with van der Waals surface area (Å²) < 4.78 is 0. The second-order valence-corrected chi connectivity index (χ2v) is 6.54. The van der Waals surface area contributed by atoms with Gasteiger partial charge in [-0.3, -0.25) is 4.79 Å². The third-order valence-corrected chi connectivity index (χ3v) is 4.36. The lowest BCUT2D eigenvalue weighted by molar-refractivity contribution is -0.130. The Morgan fingerprint density at radius 1 is 0.862 bits per heavy atom. The molecule has 144 valence electrons. The molecule has 1 amide bonds. The third kappa shape index (κ3) is 5.53. The molecule has 0 saturated heterocycles. The number of amides is 1. The summed E-state index contributed by atoms with van der Waals surface area (Å²) in [5.41, 5.74) is 3.80. The third-order valence-electron chi connectivity index (χ3n) is 4.36. The number of aryl methyl sites for hydroxylation is 1. The summed E-state index contributed by atoms with van der Waals surface area (Å²) in [6.07, 6.45) is 4.81. The van der Waals surface area contributed by atoms with Crippen molar-refractivity contribution in [2.24, 2.45) is 0 Å². The Kier molecular flexibility index (Phi) is 6.38. The van der Waals surface area contributed by atoms with Gasteiger partial charge in [0.05, 0.1) is 5.57 Å². The fraction of sp³-hybridized carbons (Fsp3) is 0.0400. The number of aliphatic carboxylic acids is 1. The van der Waals surface area contributed by atoms with E-state index in [0.29, 0.717) is 11.3 Å². The average Bonchev–Trinajstić information content (AvgIpc) is 2.73. The molecule has 3 aromatic rings. The van der Waals surface area contributed by atoms with E-state index in [4.69, 9.17) is 0 Å². The van der Waals surface area contributed by atoms with Crippen LogP contribution in [0.5, 0.6) is 0 Å². The number of carboxylic acid groups (broad SMARTS) is 1. The summed E-state index contributed by atoms with van der Waals surface area (Å²) in [6, 6.07) is 24.0. The molecule has 4 nitrogen and oxygen atoms in total. The highest BCUT2D eigenvalue weighted by Crippen LogP contribution is 2.25. The maximum Gasteiger partial charge on any atom is 0.336 e. The van der Waals surface area contributed by atoms with Gasteiger partial charge in [-0.25, -0.2) is 4.79 Å². The van der Waals surface area contributed by atoms with Gasteiger partial charge in [-0.15, -0.1) is 0 Å². The minimum Gasteiger partial charge on any atom is -0.478 e. The van der Waals surface area contributed by atoms with Crippen LogP contribution in [0.25, 0.3) is 17.7 Å². The van der Waals surface area contributed by atoms with Gasteiger partial charge < -0.3 is 10.4 Å². The Morgan fingerprint density at radius 2 is 1.48 bits per heavy atom. The molecule has 0 unspecified atom stereocenters. The molecule has 0 atom stereocenters. The Labute approximate surface area is 169 Å². The zero-order valence-corrected chi connectivity index (χ0v) is 16.0. The number of hydrogen-bond donors (Lipinski definition) is 2. The normalized spacial score (nSPS) is 11.4. The van der Waals surface area contributed by atoms with Gasteiger partial charge in [0, 0.05) is 11.8 Å². The van der Waals surface area contributed by atoms with E-state index >= 15 is 0 Å². The second kappa shape index (κ2) is 9.33. The van der Waals surface area contributed by atoms with Gasteiger partial charge in [0.15, 0.2) is 0 Å². The molecule has 0 aromatic heterocycles. The predicted molar refractivity (Wildman–Crippen MR) is 117 cm³/mol. The molecule has 29 heavy (non-hydrogen) atoms. The smallest absolute Gasteiger partial charge is 0.336 e. The SMILES string of the molecule is Cc1ccc(NC(=O)/C=C/c2ccccc2)cc1/C(=C/c1ccccc1)C(=O)O. The first-order valence-electron chi connectivity index (χ1n) is 9.18. The van der Waals surface area contributed by atoms with Crippen LogP contribution >= 0.6 is 0 Å². The zero-order valence-electron chi connectivity index (χ0n) is 16.0. The van der Waals surface area contributed by atoms with Crippen molar-refractivity contribution in [3.05, 3.63) is 107 Å². The highest BCUT2D eigenvalue weighted by molar-refractivity contribution is 6.21. The molecule has 3 rings (SSSR count). The Balaban J connectivity index is 1.85. The molecule has 0 heterocycles. The maximum absolute atomic E-state index is 12.2. The van der Waals surface area contributed by atoms with Gasteiger partial charge in [0.1, 0.15) is 0 Å². The Hall–Kier alpha value is -3.92. The number of carbonyl (C=O) groups excluding carboxylic acids is 1. The zero-order chi connectivity index (χ0) is 20.6. The lowest BCUT2D eigenvalue weighted by atomic mass is 9.97. The van der Waals surface area contributed by atoms with E-state index in [2.05, 4.69) is 5.32 Å². The van der Waals surface area contributed by atoms with Crippen molar-refractivity contribution in [3.8, 4) is 0 Å². The van der Waals surface area contributed by atoms with Gasteiger partial charge in [-0.2, -0.15) is 0 Å². The molecule has 4 heteroatoms. The molecule has 0 aliphatic rings. The quantitative estimate of drug-likeness (QED) is 0.450. The first-order chi connectivity index (χ1) is 14.0. The Morgan fingerprint density at radius 3 is 2.10 bits per heavy atom. The number of benzene rings is 3. The van der Waals surface area contributed by atoms with Gasteiger partial charge in [-0.1, -0.05) is 66.7 Å². The van der Waals surface area contributed by atoms with E-state index in [0.717, 1.165) is 16.7 Å². The summed E-state index contributed by atoms with van der Waals surface area (Å²) in [6.45, 7) is 1.85. The highest BCUT2D eigenvalue weighted by Gasteiger charge is 2.14. The second-order valence-electron chi connectivity index (χ2n) is 6.54. The molecule has 0 saturated carbocycles. The minimum absolute atomic E-state index is 0.171. The summed E-state index contributed by atoms with van der Waals surface area (Å²) in [4.78, 5) is 24.1. The topological polar surface area (TPSA) is 66.4 Å². The van der Waals surface area contributed by atoms with Crippen molar-refractivity contribution < 1.29 is 14.7 Å². The lowest BCUT2D eigenvalue weighted by Gasteiger charge is -2.11. The highest BCUT2D eigenvalue weighted by atomic mass is 16.4. The van der Waals surface area contributed by atoms with Crippen molar-refractivity contribution in [2.75, 3.05) is 5.32 Å². The van der Waals surface area contributed by atoms with Crippen molar-refractivity contribution in [2.45, 2.75) is 6.92 Å². The van der Waals surface area contributed by atoms with E-state index in [1.165, 1.54) is 6.08 Å². The first-order valence-corrected chi connectivity index (χ1v) is 9.18. The molecule has 0 fully saturated rings. The number of nitrogens with one attached hydrogen (secondary N) is 1. The van der Waals surface area contributed by atoms with Gasteiger partial charge in [0.25, 0.3) is 0 Å². The molecule has 0 aliphatic carbocycles. The van der Waals surface area contributed by atoms with E-state index < -0.39 is 5.97 Å². The van der Waals surface area contributed by atoms with Crippen LogP contribution in [0.1, 0.15) is 22.3 Å². The summed E-state index contributed by atoms with van der Waals surface area (Å²) in [7, 11) is 0.